The lowest BCUT2D eigenvalue weighted by Gasteiger charge is -2.33. The van der Waals surface area contributed by atoms with Gasteiger partial charge in [-0.15, -0.1) is 0 Å². The minimum absolute atomic E-state index is 0.0766. The number of nitrogens with zero attached hydrogens (tertiary/aromatic N) is 1. The Bertz CT molecular complexity index is 954. The van der Waals surface area contributed by atoms with Gasteiger partial charge in [-0.3, -0.25) is 9.52 Å². The van der Waals surface area contributed by atoms with Gasteiger partial charge in [-0.1, -0.05) is 25.1 Å². The van der Waals surface area contributed by atoms with Crippen LogP contribution in [0.25, 0.3) is 0 Å². The normalized spacial score (nSPS) is 19.8. The van der Waals surface area contributed by atoms with E-state index in [1.807, 2.05) is 0 Å². The van der Waals surface area contributed by atoms with Crippen LogP contribution in [0, 0.1) is 11.7 Å². The predicted octanol–water partition coefficient (Wildman–Crippen LogP) is 4.28. The molecule has 0 bridgehead atoms. The number of amides is 1. The number of hydrogen-bond acceptors (Lipinski definition) is 3. The number of nitrogens with one attached hydrogen (secondary N) is 1. The van der Waals surface area contributed by atoms with Gasteiger partial charge in [-0.05, 0) is 61.9 Å². The van der Waals surface area contributed by atoms with Crippen LogP contribution < -0.4 is 4.72 Å². The van der Waals surface area contributed by atoms with Crippen LogP contribution in [-0.2, 0) is 10.0 Å². The van der Waals surface area contributed by atoms with Crippen molar-refractivity contribution in [2.75, 3.05) is 11.8 Å². The molecule has 2 aromatic carbocycles. The number of halogens is 1. The van der Waals surface area contributed by atoms with E-state index in [2.05, 4.69) is 11.6 Å². The van der Waals surface area contributed by atoms with E-state index in [0.29, 0.717) is 11.5 Å². The second-order valence-corrected chi connectivity index (χ2v) is 9.13. The quantitative estimate of drug-likeness (QED) is 0.809. The van der Waals surface area contributed by atoms with E-state index >= 15 is 0 Å². The average molecular weight is 405 g/mol. The molecule has 28 heavy (non-hydrogen) atoms. The molecule has 1 aliphatic carbocycles. The Morgan fingerprint density at radius 2 is 1.75 bits per heavy atom. The molecule has 5 nitrogen and oxygen atoms in total. The Balaban J connectivity index is 1.79. The molecule has 7 heteroatoms. The first kappa shape index (κ1) is 20.3. The summed E-state index contributed by atoms with van der Waals surface area (Å²) < 4.78 is 41.3. The number of sulfonamides is 1. The molecule has 0 aliphatic heterocycles. The van der Waals surface area contributed by atoms with Crippen LogP contribution >= 0.6 is 0 Å². The highest BCUT2D eigenvalue weighted by molar-refractivity contribution is 7.92. The van der Waals surface area contributed by atoms with Crippen molar-refractivity contribution in [1.29, 1.82) is 0 Å². The monoisotopic (exact) mass is 404 g/mol. The third kappa shape index (κ3) is 4.52. The van der Waals surface area contributed by atoms with Gasteiger partial charge < -0.3 is 4.90 Å². The van der Waals surface area contributed by atoms with Crippen molar-refractivity contribution in [2.24, 2.45) is 5.92 Å². The molecule has 0 aromatic heterocycles. The molecule has 0 radical (unpaired) electrons. The van der Waals surface area contributed by atoms with Crippen LogP contribution in [0.4, 0.5) is 10.1 Å². The zero-order valence-electron chi connectivity index (χ0n) is 16.1. The summed E-state index contributed by atoms with van der Waals surface area (Å²) in [4.78, 5) is 14.5. The van der Waals surface area contributed by atoms with E-state index in [1.54, 1.807) is 24.1 Å². The Morgan fingerprint density at radius 3 is 2.43 bits per heavy atom. The van der Waals surface area contributed by atoms with Gasteiger partial charge >= 0.3 is 0 Å². The molecule has 0 heterocycles. The van der Waals surface area contributed by atoms with Crippen LogP contribution in [-0.4, -0.2) is 32.3 Å². The van der Waals surface area contributed by atoms with Crippen LogP contribution in [0.1, 0.15) is 43.0 Å². The SMILES string of the molecule is CC1CCC(N(C)C(=O)c2cccc(S(=O)(=O)Nc3ccccc3F)c2)CC1. The molecular weight excluding hydrogens is 379 g/mol. The number of hydrogen-bond donors (Lipinski definition) is 1. The molecule has 1 fully saturated rings. The largest absolute Gasteiger partial charge is 0.339 e. The Hall–Kier alpha value is -2.41. The summed E-state index contributed by atoms with van der Waals surface area (Å²) in [6, 6.07) is 11.6. The molecule has 2 aromatic rings. The Kier molecular flexibility index (Phi) is 6.03. The van der Waals surface area contributed by atoms with Crippen molar-refractivity contribution < 1.29 is 17.6 Å². The van der Waals surface area contributed by atoms with E-state index in [-0.39, 0.29) is 22.5 Å². The summed E-state index contributed by atoms with van der Waals surface area (Å²) in [6.45, 7) is 2.22. The highest BCUT2D eigenvalue weighted by Crippen LogP contribution is 2.27. The number of para-hydroxylation sites is 1. The van der Waals surface area contributed by atoms with Crippen LogP contribution in [0.3, 0.4) is 0 Å². The van der Waals surface area contributed by atoms with Gasteiger partial charge in [0.2, 0.25) is 0 Å². The second kappa shape index (κ2) is 8.31. The summed E-state index contributed by atoms with van der Waals surface area (Å²) in [6.07, 6.45) is 4.08. The molecule has 1 amide bonds. The zero-order valence-corrected chi connectivity index (χ0v) is 16.9. The molecule has 1 N–H and O–H groups in total. The third-order valence-electron chi connectivity index (χ3n) is 5.36. The van der Waals surface area contributed by atoms with Gasteiger partial charge in [0, 0.05) is 18.7 Å². The summed E-state index contributed by atoms with van der Waals surface area (Å²) in [7, 11) is -2.24. The molecule has 1 saturated carbocycles. The van der Waals surface area contributed by atoms with Crippen molar-refractivity contribution in [3.05, 3.63) is 59.9 Å². The number of carbonyl (C=O) groups is 1. The Labute approximate surface area is 165 Å². The highest BCUT2D eigenvalue weighted by atomic mass is 32.2. The number of carbonyl (C=O) groups excluding carboxylic acids is 1. The molecule has 0 saturated heterocycles. The van der Waals surface area contributed by atoms with Gasteiger partial charge in [-0.25, -0.2) is 12.8 Å². The molecule has 0 spiro atoms. The summed E-state index contributed by atoms with van der Waals surface area (Å²) >= 11 is 0. The van der Waals surface area contributed by atoms with Gasteiger partial charge in [0.05, 0.1) is 10.6 Å². The third-order valence-corrected chi connectivity index (χ3v) is 6.73. The average Bonchev–Trinajstić information content (AvgIpc) is 2.69. The van der Waals surface area contributed by atoms with Crippen molar-refractivity contribution in [1.82, 2.24) is 4.90 Å². The van der Waals surface area contributed by atoms with E-state index in [4.69, 9.17) is 0 Å². The smallest absolute Gasteiger partial charge is 0.262 e. The molecular formula is C21H25FN2O3S. The maximum Gasteiger partial charge on any atom is 0.262 e. The fourth-order valence-corrected chi connectivity index (χ4v) is 4.66. The zero-order chi connectivity index (χ0) is 20.3. The minimum atomic E-state index is -4.01. The van der Waals surface area contributed by atoms with Gasteiger partial charge in [0.15, 0.2) is 0 Å². The lowest BCUT2D eigenvalue weighted by molar-refractivity contribution is 0.0679. The van der Waals surface area contributed by atoms with Crippen molar-refractivity contribution in [2.45, 2.75) is 43.5 Å². The van der Waals surface area contributed by atoms with Gasteiger partial charge in [0.25, 0.3) is 15.9 Å². The summed E-state index contributed by atoms with van der Waals surface area (Å²) in [5, 5.41) is 0. The maximum atomic E-state index is 13.8. The van der Waals surface area contributed by atoms with Crippen molar-refractivity contribution in [3.8, 4) is 0 Å². The van der Waals surface area contributed by atoms with Gasteiger partial charge in [0.1, 0.15) is 5.82 Å². The first-order chi connectivity index (χ1) is 13.3. The van der Waals surface area contributed by atoms with E-state index in [9.17, 15) is 17.6 Å². The van der Waals surface area contributed by atoms with Crippen molar-refractivity contribution in [3.63, 3.8) is 0 Å². The highest BCUT2D eigenvalue weighted by Gasteiger charge is 2.26. The van der Waals surface area contributed by atoms with Gasteiger partial charge in [-0.2, -0.15) is 0 Å². The van der Waals surface area contributed by atoms with Crippen LogP contribution in [0.15, 0.2) is 53.4 Å². The molecule has 0 unspecified atom stereocenters. The topological polar surface area (TPSA) is 66.5 Å². The molecule has 3 rings (SSSR count). The maximum absolute atomic E-state index is 13.8. The first-order valence-electron chi connectivity index (χ1n) is 9.42. The van der Waals surface area contributed by atoms with E-state index in [1.165, 1.54) is 36.4 Å². The van der Waals surface area contributed by atoms with Crippen molar-refractivity contribution >= 4 is 21.6 Å². The Morgan fingerprint density at radius 1 is 1.07 bits per heavy atom. The van der Waals surface area contributed by atoms with E-state index in [0.717, 1.165) is 25.7 Å². The lowest BCUT2D eigenvalue weighted by atomic mass is 9.86. The number of benzene rings is 2. The molecule has 150 valence electrons. The molecule has 0 atom stereocenters. The van der Waals surface area contributed by atoms with Crippen LogP contribution in [0.2, 0.25) is 0 Å². The van der Waals surface area contributed by atoms with E-state index < -0.39 is 15.8 Å². The summed E-state index contributed by atoms with van der Waals surface area (Å²) in [5.74, 6) is -0.190. The fourth-order valence-electron chi connectivity index (χ4n) is 3.54. The van der Waals surface area contributed by atoms with Crippen LogP contribution in [0.5, 0.6) is 0 Å². The fraction of sp³-hybridized carbons (Fsp3) is 0.381. The lowest BCUT2D eigenvalue weighted by Crippen LogP contribution is -2.39. The predicted molar refractivity (Wildman–Crippen MR) is 107 cm³/mol. The summed E-state index contributed by atoms with van der Waals surface area (Å²) in [5.41, 5.74) is 0.171. The number of rotatable bonds is 5. The minimum Gasteiger partial charge on any atom is -0.339 e. The standard InChI is InChI=1S/C21H25FN2O3S/c1-15-10-12-17(13-11-15)24(2)21(25)16-6-5-7-18(14-16)28(26,27)23-20-9-4-3-8-19(20)22/h3-9,14-15,17,23H,10-13H2,1-2H3. The first-order valence-corrected chi connectivity index (χ1v) is 10.9. The second-order valence-electron chi connectivity index (χ2n) is 7.44. The number of anilines is 1. The molecule has 1 aliphatic rings.